The van der Waals surface area contributed by atoms with Gasteiger partial charge >= 0.3 is 0 Å². The first kappa shape index (κ1) is 14.6. The minimum atomic E-state index is -0.920. The van der Waals surface area contributed by atoms with E-state index in [2.05, 4.69) is 10.5 Å². The highest BCUT2D eigenvalue weighted by molar-refractivity contribution is 7.08. The zero-order valence-electron chi connectivity index (χ0n) is 11.8. The van der Waals surface area contributed by atoms with E-state index in [1.807, 2.05) is 16.8 Å². The molecule has 6 nitrogen and oxygen atoms in total. The fraction of sp³-hybridized carbons (Fsp3) is 0.200. The van der Waals surface area contributed by atoms with Crippen LogP contribution >= 0.6 is 11.3 Å². The largest absolute Gasteiger partial charge is 0.458 e. The van der Waals surface area contributed by atoms with E-state index in [-0.39, 0.29) is 12.5 Å². The SMILES string of the molecule is Cc1oncc1C(=O)NC[C@H](O)c1ccc(-c2ccsc2)o1. The fourth-order valence-corrected chi connectivity index (χ4v) is 2.64. The normalized spacial score (nSPS) is 12.3. The minimum absolute atomic E-state index is 0.0417. The lowest BCUT2D eigenvalue weighted by atomic mass is 10.2. The smallest absolute Gasteiger partial charge is 0.256 e. The van der Waals surface area contributed by atoms with Gasteiger partial charge in [0.1, 0.15) is 28.9 Å². The van der Waals surface area contributed by atoms with Crippen molar-refractivity contribution in [2.24, 2.45) is 0 Å². The van der Waals surface area contributed by atoms with E-state index >= 15 is 0 Å². The van der Waals surface area contributed by atoms with Crippen LogP contribution in [0.4, 0.5) is 0 Å². The molecule has 0 aliphatic carbocycles. The van der Waals surface area contributed by atoms with Gasteiger partial charge in [-0.2, -0.15) is 11.3 Å². The average Bonchev–Trinajstić information content (AvgIpc) is 3.23. The molecule has 3 aromatic heterocycles. The Kier molecular flexibility index (Phi) is 4.08. The number of aromatic nitrogens is 1. The molecule has 0 aromatic carbocycles. The van der Waals surface area contributed by atoms with Crippen molar-refractivity contribution in [1.29, 1.82) is 0 Å². The molecule has 0 unspecified atom stereocenters. The Morgan fingerprint density at radius 1 is 1.45 bits per heavy atom. The van der Waals surface area contributed by atoms with Crippen molar-refractivity contribution in [3.8, 4) is 11.3 Å². The summed E-state index contributed by atoms with van der Waals surface area (Å²) in [4.78, 5) is 11.9. The van der Waals surface area contributed by atoms with E-state index in [0.29, 0.717) is 22.8 Å². The maximum atomic E-state index is 11.9. The molecule has 7 heteroatoms. The lowest BCUT2D eigenvalue weighted by molar-refractivity contribution is 0.0900. The molecule has 0 saturated heterocycles. The third-order valence-electron chi connectivity index (χ3n) is 3.21. The molecule has 2 N–H and O–H groups in total. The Morgan fingerprint density at radius 3 is 3.00 bits per heavy atom. The fourth-order valence-electron chi connectivity index (χ4n) is 1.99. The molecule has 0 radical (unpaired) electrons. The molecule has 0 saturated carbocycles. The molecular weight excluding hydrogens is 304 g/mol. The van der Waals surface area contributed by atoms with E-state index in [4.69, 9.17) is 8.94 Å². The first-order chi connectivity index (χ1) is 10.6. The third kappa shape index (κ3) is 2.95. The van der Waals surface area contributed by atoms with Crippen LogP contribution in [0.5, 0.6) is 0 Å². The summed E-state index contributed by atoms with van der Waals surface area (Å²) in [7, 11) is 0. The molecule has 0 bridgehead atoms. The average molecular weight is 318 g/mol. The number of furan rings is 1. The van der Waals surface area contributed by atoms with E-state index < -0.39 is 6.10 Å². The number of nitrogens with one attached hydrogen (secondary N) is 1. The van der Waals surface area contributed by atoms with Gasteiger partial charge in [-0.3, -0.25) is 4.79 Å². The van der Waals surface area contributed by atoms with Gasteiger partial charge < -0.3 is 19.4 Å². The number of rotatable bonds is 5. The van der Waals surface area contributed by atoms with E-state index in [9.17, 15) is 9.90 Å². The lowest BCUT2D eigenvalue weighted by Crippen LogP contribution is -2.28. The first-order valence-electron chi connectivity index (χ1n) is 6.65. The van der Waals surface area contributed by atoms with Crippen LogP contribution < -0.4 is 5.32 Å². The Bertz CT molecular complexity index is 760. The van der Waals surface area contributed by atoms with Gasteiger partial charge in [-0.15, -0.1) is 0 Å². The van der Waals surface area contributed by atoms with Crippen molar-refractivity contribution >= 4 is 17.2 Å². The van der Waals surface area contributed by atoms with Crippen LogP contribution in [0.1, 0.15) is 28.0 Å². The van der Waals surface area contributed by atoms with Gasteiger partial charge in [0, 0.05) is 10.9 Å². The summed E-state index contributed by atoms with van der Waals surface area (Å²) >= 11 is 1.57. The Balaban J connectivity index is 1.62. The lowest BCUT2D eigenvalue weighted by Gasteiger charge is -2.09. The number of carbonyl (C=O) groups excluding carboxylic acids is 1. The maximum absolute atomic E-state index is 11.9. The zero-order valence-corrected chi connectivity index (χ0v) is 12.6. The molecule has 0 spiro atoms. The van der Waals surface area contributed by atoms with Crippen molar-refractivity contribution < 1.29 is 18.8 Å². The Morgan fingerprint density at radius 2 is 2.32 bits per heavy atom. The Hall–Kier alpha value is -2.38. The molecule has 3 rings (SSSR count). The molecule has 3 aromatic rings. The number of nitrogens with zero attached hydrogens (tertiary/aromatic N) is 1. The molecule has 0 aliphatic rings. The second-order valence-corrected chi connectivity index (χ2v) is 5.52. The van der Waals surface area contributed by atoms with Crippen LogP contribution in [0.2, 0.25) is 0 Å². The molecule has 0 aliphatic heterocycles. The van der Waals surface area contributed by atoms with Gasteiger partial charge in [0.25, 0.3) is 5.91 Å². The molecule has 1 atom stereocenters. The third-order valence-corrected chi connectivity index (χ3v) is 3.90. The van der Waals surface area contributed by atoms with Crippen LogP contribution in [0.3, 0.4) is 0 Å². The van der Waals surface area contributed by atoms with Gasteiger partial charge in [-0.25, -0.2) is 0 Å². The highest BCUT2D eigenvalue weighted by Crippen LogP contribution is 2.26. The molecule has 3 heterocycles. The highest BCUT2D eigenvalue weighted by atomic mass is 32.1. The first-order valence-corrected chi connectivity index (χ1v) is 7.59. The van der Waals surface area contributed by atoms with Crippen LogP contribution in [-0.2, 0) is 0 Å². The molecule has 114 valence electrons. The summed E-state index contributed by atoms with van der Waals surface area (Å²) in [5.41, 5.74) is 1.32. The summed E-state index contributed by atoms with van der Waals surface area (Å²) in [5.74, 6) is 1.19. The molecule has 22 heavy (non-hydrogen) atoms. The second kappa shape index (κ2) is 6.17. The quantitative estimate of drug-likeness (QED) is 0.755. The van der Waals surface area contributed by atoms with Gasteiger partial charge in [0.15, 0.2) is 0 Å². The number of carbonyl (C=O) groups is 1. The standard InChI is InChI=1S/C15H14N2O4S/c1-9-11(6-17-21-9)15(19)16-7-12(18)14-3-2-13(20-14)10-4-5-22-8-10/h2-6,8,12,18H,7H2,1H3,(H,16,19)/t12-/m0/s1. The van der Waals surface area contributed by atoms with E-state index in [0.717, 1.165) is 5.56 Å². The zero-order chi connectivity index (χ0) is 15.5. The summed E-state index contributed by atoms with van der Waals surface area (Å²) < 4.78 is 10.4. The van der Waals surface area contributed by atoms with Crippen LogP contribution in [-0.4, -0.2) is 22.7 Å². The topological polar surface area (TPSA) is 88.5 Å². The number of hydrogen-bond donors (Lipinski definition) is 2. The Labute approximate surface area is 130 Å². The number of aliphatic hydroxyl groups is 1. The van der Waals surface area contributed by atoms with Crippen LogP contribution in [0.25, 0.3) is 11.3 Å². The monoisotopic (exact) mass is 318 g/mol. The molecular formula is C15H14N2O4S. The number of aryl methyl sites for hydroxylation is 1. The van der Waals surface area contributed by atoms with Crippen molar-refractivity contribution in [3.63, 3.8) is 0 Å². The predicted molar refractivity (Wildman–Crippen MR) is 80.6 cm³/mol. The maximum Gasteiger partial charge on any atom is 0.256 e. The van der Waals surface area contributed by atoms with Crippen LogP contribution in [0, 0.1) is 6.92 Å². The number of amides is 1. The predicted octanol–water partition coefficient (Wildman–Crippen LogP) is 2.77. The van der Waals surface area contributed by atoms with E-state index in [1.165, 1.54) is 6.20 Å². The number of thiophene rings is 1. The van der Waals surface area contributed by atoms with Crippen molar-refractivity contribution in [1.82, 2.24) is 10.5 Å². The summed E-state index contributed by atoms with van der Waals surface area (Å²) in [6, 6.07) is 5.44. The van der Waals surface area contributed by atoms with Crippen molar-refractivity contribution in [2.75, 3.05) is 6.54 Å². The molecule has 1 amide bonds. The van der Waals surface area contributed by atoms with E-state index in [1.54, 1.807) is 30.4 Å². The van der Waals surface area contributed by atoms with Crippen LogP contribution in [0.15, 0.2) is 44.1 Å². The van der Waals surface area contributed by atoms with Crippen molar-refractivity contribution in [2.45, 2.75) is 13.0 Å². The van der Waals surface area contributed by atoms with Gasteiger partial charge in [-0.1, -0.05) is 5.16 Å². The van der Waals surface area contributed by atoms with Gasteiger partial charge in [-0.05, 0) is 30.5 Å². The molecule has 0 fully saturated rings. The highest BCUT2D eigenvalue weighted by Gasteiger charge is 2.17. The number of aliphatic hydroxyl groups excluding tert-OH is 1. The second-order valence-electron chi connectivity index (χ2n) is 4.74. The summed E-state index contributed by atoms with van der Waals surface area (Å²) in [6.45, 7) is 1.69. The number of hydrogen-bond acceptors (Lipinski definition) is 6. The summed E-state index contributed by atoms with van der Waals surface area (Å²) in [5, 5.41) is 20.2. The summed E-state index contributed by atoms with van der Waals surface area (Å²) in [6.07, 6.45) is 0.426. The van der Waals surface area contributed by atoms with Crippen molar-refractivity contribution in [3.05, 3.63) is 52.2 Å². The van der Waals surface area contributed by atoms with Gasteiger partial charge in [0.05, 0.1) is 12.7 Å². The van der Waals surface area contributed by atoms with Gasteiger partial charge in [0.2, 0.25) is 0 Å². The minimum Gasteiger partial charge on any atom is -0.458 e.